The molecule has 2 saturated heterocycles. The molecule has 2 heterocycles. The standard InChI is InChI=1S/C13H23NO4/c1-13(2,3)18-12(15)14-7-5-4-6-11(14)10-8-16-17-9-10/h10-11H,4-9H2,1-3H3. The summed E-state index contributed by atoms with van der Waals surface area (Å²) in [6.07, 6.45) is 3.00. The van der Waals surface area contributed by atoms with E-state index in [2.05, 4.69) is 0 Å². The van der Waals surface area contributed by atoms with E-state index in [0.717, 1.165) is 25.8 Å². The van der Waals surface area contributed by atoms with Crippen molar-refractivity contribution < 1.29 is 19.3 Å². The maximum atomic E-state index is 12.2. The number of hydrogen-bond acceptors (Lipinski definition) is 4. The van der Waals surface area contributed by atoms with E-state index < -0.39 is 5.60 Å². The summed E-state index contributed by atoms with van der Waals surface area (Å²) in [5.41, 5.74) is -0.443. The molecule has 5 heteroatoms. The first-order valence-corrected chi connectivity index (χ1v) is 6.71. The van der Waals surface area contributed by atoms with Crippen LogP contribution in [0.5, 0.6) is 0 Å². The zero-order chi connectivity index (χ0) is 13.2. The van der Waals surface area contributed by atoms with Crippen LogP contribution >= 0.6 is 0 Å². The molecule has 2 aliphatic rings. The topological polar surface area (TPSA) is 48.0 Å². The van der Waals surface area contributed by atoms with Crippen LogP contribution in [0.15, 0.2) is 0 Å². The average Bonchev–Trinajstić information content (AvgIpc) is 2.80. The van der Waals surface area contributed by atoms with Gasteiger partial charge in [0, 0.05) is 18.5 Å². The van der Waals surface area contributed by atoms with Crippen molar-refractivity contribution >= 4 is 6.09 Å². The van der Waals surface area contributed by atoms with E-state index in [1.54, 1.807) is 0 Å². The highest BCUT2D eigenvalue weighted by Gasteiger charge is 2.37. The number of piperidine rings is 1. The van der Waals surface area contributed by atoms with Gasteiger partial charge in [-0.25, -0.2) is 14.6 Å². The number of carbonyl (C=O) groups is 1. The van der Waals surface area contributed by atoms with Crippen LogP contribution in [0.1, 0.15) is 40.0 Å². The van der Waals surface area contributed by atoms with Crippen molar-refractivity contribution in [3.05, 3.63) is 0 Å². The van der Waals surface area contributed by atoms with Gasteiger partial charge in [-0.3, -0.25) is 0 Å². The summed E-state index contributed by atoms with van der Waals surface area (Å²) >= 11 is 0. The first-order valence-electron chi connectivity index (χ1n) is 6.71. The Hall–Kier alpha value is -0.810. The number of likely N-dealkylation sites (tertiary alicyclic amines) is 1. The van der Waals surface area contributed by atoms with Gasteiger partial charge >= 0.3 is 6.09 Å². The molecule has 18 heavy (non-hydrogen) atoms. The smallest absolute Gasteiger partial charge is 0.410 e. The van der Waals surface area contributed by atoms with E-state index >= 15 is 0 Å². The molecule has 0 radical (unpaired) electrons. The van der Waals surface area contributed by atoms with Crippen LogP contribution in [0.4, 0.5) is 4.79 Å². The highest BCUT2D eigenvalue weighted by molar-refractivity contribution is 5.68. The first kappa shape index (κ1) is 13.6. The molecule has 0 spiro atoms. The monoisotopic (exact) mass is 257 g/mol. The van der Waals surface area contributed by atoms with Crippen molar-refractivity contribution in [1.82, 2.24) is 4.90 Å². The third-order valence-corrected chi connectivity index (χ3v) is 3.37. The van der Waals surface area contributed by atoms with Crippen LogP contribution in [0, 0.1) is 5.92 Å². The second kappa shape index (κ2) is 5.45. The molecule has 2 rings (SSSR count). The number of nitrogens with zero attached hydrogens (tertiary/aromatic N) is 1. The molecule has 1 atom stereocenters. The summed E-state index contributed by atoms with van der Waals surface area (Å²) in [5, 5.41) is 0. The quantitative estimate of drug-likeness (QED) is 0.677. The molecule has 2 fully saturated rings. The van der Waals surface area contributed by atoms with Crippen molar-refractivity contribution in [3.63, 3.8) is 0 Å². The molecule has 0 aliphatic carbocycles. The van der Waals surface area contributed by atoms with Gasteiger partial charge < -0.3 is 9.64 Å². The van der Waals surface area contributed by atoms with Crippen LogP contribution < -0.4 is 0 Å². The van der Waals surface area contributed by atoms with Gasteiger partial charge in [0.1, 0.15) is 5.60 Å². The van der Waals surface area contributed by atoms with Crippen LogP contribution in [0.3, 0.4) is 0 Å². The summed E-state index contributed by atoms with van der Waals surface area (Å²) in [5.74, 6) is 0.276. The number of amides is 1. The highest BCUT2D eigenvalue weighted by atomic mass is 17.2. The van der Waals surface area contributed by atoms with Crippen molar-refractivity contribution in [2.45, 2.75) is 51.7 Å². The molecule has 2 aliphatic heterocycles. The summed E-state index contributed by atoms with van der Waals surface area (Å²) in [7, 11) is 0. The Kier molecular flexibility index (Phi) is 4.12. The molecule has 0 saturated carbocycles. The molecule has 0 N–H and O–H groups in total. The predicted molar refractivity (Wildman–Crippen MR) is 66.0 cm³/mol. The lowest BCUT2D eigenvalue weighted by Gasteiger charge is -2.38. The molecule has 1 unspecified atom stereocenters. The van der Waals surface area contributed by atoms with Gasteiger partial charge in [-0.05, 0) is 40.0 Å². The average molecular weight is 257 g/mol. The maximum absolute atomic E-state index is 12.2. The number of rotatable bonds is 1. The molecular formula is C13H23NO4. The molecular weight excluding hydrogens is 234 g/mol. The number of hydrogen-bond donors (Lipinski definition) is 0. The molecule has 104 valence electrons. The van der Waals surface area contributed by atoms with Crippen molar-refractivity contribution in [3.8, 4) is 0 Å². The normalized spacial score (nSPS) is 26.4. The Labute approximate surface area is 108 Å². The fourth-order valence-electron chi connectivity index (χ4n) is 2.54. The summed E-state index contributed by atoms with van der Waals surface area (Å²) < 4.78 is 5.47. The van der Waals surface area contributed by atoms with Crippen LogP contribution in [-0.2, 0) is 14.5 Å². The van der Waals surface area contributed by atoms with E-state index in [1.807, 2.05) is 25.7 Å². The van der Waals surface area contributed by atoms with E-state index in [-0.39, 0.29) is 18.1 Å². The van der Waals surface area contributed by atoms with Crippen LogP contribution in [0.25, 0.3) is 0 Å². The Morgan fingerprint density at radius 2 is 1.89 bits per heavy atom. The molecule has 5 nitrogen and oxygen atoms in total. The number of ether oxygens (including phenoxy) is 1. The van der Waals surface area contributed by atoms with E-state index in [1.165, 1.54) is 0 Å². The van der Waals surface area contributed by atoms with Gasteiger partial charge in [-0.2, -0.15) is 0 Å². The lowest BCUT2D eigenvalue weighted by Crippen LogP contribution is -2.50. The second-order valence-electron chi connectivity index (χ2n) is 6.07. The van der Waals surface area contributed by atoms with Gasteiger partial charge in [0.05, 0.1) is 13.2 Å². The Morgan fingerprint density at radius 1 is 1.22 bits per heavy atom. The van der Waals surface area contributed by atoms with Gasteiger partial charge in [0.2, 0.25) is 0 Å². The minimum atomic E-state index is -0.443. The van der Waals surface area contributed by atoms with Gasteiger partial charge in [-0.1, -0.05) is 0 Å². The van der Waals surface area contributed by atoms with Crippen molar-refractivity contribution in [1.29, 1.82) is 0 Å². The van der Waals surface area contributed by atoms with Gasteiger partial charge in [0.15, 0.2) is 0 Å². The van der Waals surface area contributed by atoms with Gasteiger partial charge in [0.25, 0.3) is 0 Å². The second-order valence-corrected chi connectivity index (χ2v) is 6.07. The fourth-order valence-corrected chi connectivity index (χ4v) is 2.54. The van der Waals surface area contributed by atoms with E-state index in [0.29, 0.717) is 13.2 Å². The fraction of sp³-hybridized carbons (Fsp3) is 0.923. The summed E-state index contributed by atoms with van der Waals surface area (Å²) in [4.78, 5) is 24.0. The molecule has 1 amide bonds. The molecule has 0 aromatic carbocycles. The Morgan fingerprint density at radius 3 is 2.50 bits per heavy atom. The summed E-state index contributed by atoms with van der Waals surface area (Å²) in [6, 6.07) is 0.191. The predicted octanol–water partition coefficient (Wildman–Crippen LogP) is 2.35. The Bertz CT molecular complexity index is 294. The van der Waals surface area contributed by atoms with Crippen LogP contribution in [0.2, 0.25) is 0 Å². The van der Waals surface area contributed by atoms with E-state index in [9.17, 15) is 4.79 Å². The lowest BCUT2D eigenvalue weighted by molar-refractivity contribution is -0.248. The zero-order valence-electron chi connectivity index (χ0n) is 11.5. The first-order chi connectivity index (χ1) is 8.47. The minimum absolute atomic E-state index is 0.191. The van der Waals surface area contributed by atoms with Crippen molar-refractivity contribution in [2.75, 3.05) is 19.8 Å². The summed E-state index contributed by atoms with van der Waals surface area (Å²) in [6.45, 7) is 7.60. The minimum Gasteiger partial charge on any atom is -0.444 e. The molecule has 0 bridgehead atoms. The van der Waals surface area contributed by atoms with E-state index in [4.69, 9.17) is 14.5 Å². The number of carbonyl (C=O) groups excluding carboxylic acids is 1. The lowest BCUT2D eigenvalue weighted by atomic mass is 9.92. The zero-order valence-corrected chi connectivity index (χ0v) is 11.5. The SMILES string of the molecule is CC(C)(C)OC(=O)N1CCCCC1C1COOC1. The highest BCUT2D eigenvalue weighted by Crippen LogP contribution is 2.28. The van der Waals surface area contributed by atoms with Crippen molar-refractivity contribution in [2.24, 2.45) is 5.92 Å². The molecule has 0 aromatic heterocycles. The van der Waals surface area contributed by atoms with Gasteiger partial charge in [-0.15, -0.1) is 0 Å². The largest absolute Gasteiger partial charge is 0.444 e. The van der Waals surface area contributed by atoms with Crippen LogP contribution in [-0.4, -0.2) is 42.4 Å². The molecule has 0 aromatic rings. The Balaban J connectivity index is 2.00. The maximum Gasteiger partial charge on any atom is 0.410 e. The third kappa shape index (κ3) is 3.36. The third-order valence-electron chi connectivity index (χ3n) is 3.37.